The van der Waals surface area contributed by atoms with Crippen LogP contribution < -0.4 is 16.2 Å². The number of amides is 1. The number of carbonyl (C=O) groups excluding carboxylic acids is 1. The Morgan fingerprint density at radius 3 is 2.41 bits per heavy atom. The lowest BCUT2D eigenvalue weighted by molar-refractivity contribution is -0.111. The number of hydrogen-bond acceptors (Lipinski definition) is 7. The van der Waals surface area contributed by atoms with Crippen LogP contribution in [0.5, 0.6) is 5.88 Å². The zero-order chi connectivity index (χ0) is 29.8. The van der Waals surface area contributed by atoms with Crippen molar-refractivity contribution in [2.24, 2.45) is 15.7 Å². The zero-order valence-corrected chi connectivity index (χ0v) is 22.0. The number of aliphatic imine (C=N–C) groups is 2. The van der Waals surface area contributed by atoms with E-state index in [1.807, 2.05) is 0 Å². The van der Waals surface area contributed by atoms with Crippen molar-refractivity contribution in [1.82, 2.24) is 9.97 Å². The summed E-state index contributed by atoms with van der Waals surface area (Å²) in [5, 5.41) is 3.78. The van der Waals surface area contributed by atoms with E-state index in [0.29, 0.717) is 29.1 Å². The van der Waals surface area contributed by atoms with Gasteiger partial charge in [0.2, 0.25) is 11.8 Å². The highest BCUT2D eigenvalue weighted by Crippen LogP contribution is 2.33. The number of nitrogens with zero attached hydrogens (tertiary/aromatic N) is 5. The number of anilines is 1. The molecule has 2 heterocycles. The Kier molecular flexibility index (Phi) is 8.38. The molecule has 0 unspecified atom stereocenters. The lowest BCUT2D eigenvalue weighted by Crippen LogP contribution is -2.39. The minimum absolute atomic E-state index is 0.00281. The van der Waals surface area contributed by atoms with E-state index >= 15 is 0 Å². The van der Waals surface area contributed by atoms with Gasteiger partial charge in [0.05, 0.1) is 18.4 Å². The van der Waals surface area contributed by atoms with Crippen molar-refractivity contribution >= 4 is 29.5 Å². The Hall–Kier alpha value is -4.78. The van der Waals surface area contributed by atoms with Gasteiger partial charge < -0.3 is 21.5 Å². The molecule has 1 amide bonds. The highest BCUT2D eigenvalue weighted by Gasteiger charge is 2.48. The van der Waals surface area contributed by atoms with E-state index in [0.717, 1.165) is 12.1 Å². The number of dihydropyridines is 1. The summed E-state index contributed by atoms with van der Waals surface area (Å²) in [6.07, 6.45) is -2.00. The molecule has 0 bridgehead atoms. The van der Waals surface area contributed by atoms with Crippen molar-refractivity contribution in [2.75, 3.05) is 12.3 Å². The maximum absolute atomic E-state index is 13.3. The van der Waals surface area contributed by atoms with Gasteiger partial charge in [-0.15, -0.1) is 18.9 Å². The van der Waals surface area contributed by atoms with Gasteiger partial charge in [-0.3, -0.25) is 4.79 Å². The van der Waals surface area contributed by atoms with Crippen LogP contribution in [-0.4, -0.2) is 46.2 Å². The molecule has 1 aromatic heterocycles. The van der Waals surface area contributed by atoms with Gasteiger partial charge in [0.1, 0.15) is 24.7 Å². The topological polar surface area (TPSA) is 143 Å². The summed E-state index contributed by atoms with van der Waals surface area (Å²) in [6.45, 7) is 3.77. The van der Waals surface area contributed by atoms with Gasteiger partial charge in [-0.2, -0.15) is 4.99 Å². The van der Waals surface area contributed by atoms with Crippen LogP contribution in [0.1, 0.15) is 19.4 Å². The molecule has 4 rings (SSSR count). The number of amidine groups is 1. The first-order valence-corrected chi connectivity index (χ1v) is 12.2. The second-order valence-electron chi connectivity index (χ2n) is 9.72. The normalized spacial score (nSPS) is 14.7. The highest BCUT2D eigenvalue weighted by atomic mass is 19.4. The Balaban J connectivity index is 1.51. The van der Waals surface area contributed by atoms with Crippen molar-refractivity contribution in [2.45, 2.75) is 32.1 Å². The number of nitrogens with two attached hydrogens (primary N) is 2. The summed E-state index contributed by atoms with van der Waals surface area (Å²) in [5.74, 6) is -2.62. The second kappa shape index (κ2) is 11.8. The van der Waals surface area contributed by atoms with Crippen LogP contribution in [0.4, 0.5) is 29.1 Å². The molecule has 0 fully saturated rings. The quantitative estimate of drug-likeness (QED) is 0.281. The van der Waals surface area contributed by atoms with Gasteiger partial charge in [0, 0.05) is 11.1 Å². The summed E-state index contributed by atoms with van der Waals surface area (Å²) in [4.78, 5) is 29.4. The predicted octanol–water partition coefficient (Wildman–Crippen LogP) is 5.26. The fraction of sp³-hybridized carbons (Fsp3) is 0.214. The molecule has 212 valence electrons. The Morgan fingerprint density at radius 1 is 1.10 bits per heavy atom. The van der Waals surface area contributed by atoms with Crippen LogP contribution >= 0.6 is 0 Å². The number of hydrogen-bond donors (Lipinski definition) is 2. The monoisotopic (exact) mass is 567 g/mol. The molecule has 3 aromatic rings. The molecular formula is C28H25F4N7O2. The van der Waals surface area contributed by atoms with E-state index < -0.39 is 34.9 Å². The predicted molar refractivity (Wildman–Crippen MR) is 147 cm³/mol. The van der Waals surface area contributed by atoms with Crippen molar-refractivity contribution in [3.63, 3.8) is 0 Å². The number of alkyl halides is 3. The molecular weight excluding hydrogens is 542 g/mol. The molecule has 0 aliphatic carbocycles. The fourth-order valence-electron chi connectivity index (χ4n) is 3.42. The molecule has 2 aromatic carbocycles. The SMILES string of the molecule is CC(C)(N)COc1nc(-c2ccc(CN=C3N=C[C+](C(F)(F)F)C=C3C(=O)[N-]c3ccc(F)cc3)cc2)cnc1N. The molecule has 9 nitrogen and oxygen atoms in total. The van der Waals surface area contributed by atoms with Crippen molar-refractivity contribution in [1.29, 1.82) is 0 Å². The van der Waals surface area contributed by atoms with Crippen LogP contribution in [-0.2, 0) is 11.3 Å². The molecule has 0 saturated carbocycles. The molecule has 0 spiro atoms. The van der Waals surface area contributed by atoms with E-state index in [4.69, 9.17) is 16.2 Å². The summed E-state index contributed by atoms with van der Waals surface area (Å²) < 4.78 is 58.8. The molecule has 0 atom stereocenters. The third-order valence-corrected chi connectivity index (χ3v) is 5.49. The van der Waals surface area contributed by atoms with E-state index in [9.17, 15) is 22.4 Å². The number of rotatable bonds is 8. The van der Waals surface area contributed by atoms with Gasteiger partial charge in [-0.1, -0.05) is 36.4 Å². The number of aromatic nitrogens is 2. The number of allylic oxidation sites excluding steroid dienone is 1. The molecule has 0 radical (unpaired) electrons. The standard InChI is InChI=1S/C28H25F4N7O2/c1-27(2,34)15-41-26-23(33)35-14-22(39-26)17-5-3-16(4-6-17)12-36-24-21(11-18(13-37-24)28(30,31)32)25(40)38-20-9-7-19(29)8-10-20/h3-11,13-14H,12,15,34H2,1-2H3,(H2-,33,35,38,40). The lowest BCUT2D eigenvalue weighted by atomic mass is 10.0. The third-order valence-electron chi connectivity index (χ3n) is 5.49. The van der Waals surface area contributed by atoms with Crippen LogP contribution in [0, 0.1) is 11.7 Å². The summed E-state index contributed by atoms with van der Waals surface area (Å²) in [7, 11) is 0. The molecule has 41 heavy (non-hydrogen) atoms. The first kappa shape index (κ1) is 29.2. The van der Waals surface area contributed by atoms with E-state index in [1.165, 1.54) is 18.3 Å². The number of carbonyl (C=O) groups is 1. The number of halogens is 4. The average molecular weight is 568 g/mol. The average Bonchev–Trinajstić information content (AvgIpc) is 2.92. The zero-order valence-electron chi connectivity index (χ0n) is 22.0. The first-order valence-electron chi connectivity index (χ1n) is 12.2. The minimum Gasteiger partial charge on any atom is -0.604 e. The van der Waals surface area contributed by atoms with Gasteiger partial charge >= 0.3 is 6.18 Å². The van der Waals surface area contributed by atoms with Crippen LogP contribution in [0.25, 0.3) is 16.6 Å². The number of benzene rings is 2. The molecule has 4 N–H and O–H groups in total. The van der Waals surface area contributed by atoms with E-state index in [1.54, 1.807) is 38.1 Å². The highest BCUT2D eigenvalue weighted by molar-refractivity contribution is 6.29. The van der Waals surface area contributed by atoms with Gasteiger partial charge in [0.15, 0.2) is 17.3 Å². The summed E-state index contributed by atoms with van der Waals surface area (Å²) in [5.41, 5.74) is 12.7. The number of nitrogen functional groups attached to an aromatic ring is 1. The minimum atomic E-state index is -4.73. The lowest BCUT2D eigenvalue weighted by Gasteiger charge is -2.19. The second-order valence-corrected chi connectivity index (χ2v) is 9.72. The van der Waals surface area contributed by atoms with Crippen molar-refractivity contribution in [3.8, 4) is 17.1 Å². The molecule has 0 saturated heterocycles. The van der Waals surface area contributed by atoms with Gasteiger partial charge in [-0.25, -0.2) is 19.4 Å². The van der Waals surface area contributed by atoms with Crippen LogP contribution in [0.3, 0.4) is 0 Å². The largest absolute Gasteiger partial charge is 0.604 e. The maximum atomic E-state index is 13.3. The van der Waals surface area contributed by atoms with Crippen LogP contribution in [0.2, 0.25) is 0 Å². The van der Waals surface area contributed by atoms with Crippen molar-refractivity contribution in [3.05, 3.63) is 89.0 Å². The molecule has 1 aliphatic rings. The smallest absolute Gasteiger partial charge is 0.492 e. The Morgan fingerprint density at radius 2 is 1.78 bits per heavy atom. The fourth-order valence-corrected chi connectivity index (χ4v) is 3.42. The Bertz CT molecular complexity index is 1490. The number of ether oxygens (including phenoxy) is 1. The van der Waals surface area contributed by atoms with Crippen LogP contribution in [0.15, 0.2) is 76.4 Å². The van der Waals surface area contributed by atoms with E-state index in [-0.39, 0.29) is 36.4 Å². The van der Waals surface area contributed by atoms with Crippen molar-refractivity contribution < 1.29 is 27.1 Å². The third kappa shape index (κ3) is 7.88. The van der Waals surface area contributed by atoms with E-state index in [2.05, 4.69) is 25.3 Å². The maximum Gasteiger partial charge on any atom is 0.492 e. The summed E-state index contributed by atoms with van der Waals surface area (Å²) >= 11 is 0. The first-order chi connectivity index (χ1) is 19.3. The molecule has 1 aliphatic heterocycles. The molecule has 13 heteroatoms. The summed E-state index contributed by atoms with van der Waals surface area (Å²) in [6, 6.07) is 11.6. The van der Waals surface area contributed by atoms with Gasteiger partial charge in [0.25, 0.3) is 5.88 Å². The van der Waals surface area contributed by atoms with Gasteiger partial charge in [-0.05, 0) is 31.5 Å². The Labute approximate surface area is 233 Å².